The fourth-order valence-electron chi connectivity index (χ4n) is 2.77. The Bertz CT molecular complexity index is 1090. The Balaban J connectivity index is 2.09. The molecule has 3 rings (SSSR count). The number of nitro benzene ring substituents is 1. The minimum absolute atomic E-state index is 0.119. The van der Waals surface area contributed by atoms with Crippen molar-refractivity contribution in [1.82, 2.24) is 9.78 Å². The molecule has 0 aliphatic heterocycles. The Kier molecular flexibility index (Phi) is 5.00. The topological polar surface area (TPSA) is 78.0 Å². The quantitative estimate of drug-likeness (QED) is 0.490. The van der Waals surface area contributed by atoms with Crippen LogP contribution in [-0.4, -0.2) is 14.7 Å². The first-order valence-electron chi connectivity index (χ1n) is 8.26. The third kappa shape index (κ3) is 3.78. The van der Waals surface area contributed by atoms with Crippen molar-refractivity contribution in [3.8, 4) is 16.8 Å². The summed E-state index contributed by atoms with van der Waals surface area (Å²) >= 11 is 0. The maximum absolute atomic E-state index is 12.7. The first-order chi connectivity index (χ1) is 13.2. The molecule has 1 aromatic heterocycles. The third-order valence-electron chi connectivity index (χ3n) is 4.15. The average molecular weight is 389 g/mol. The van der Waals surface area contributed by atoms with Crippen LogP contribution in [0.2, 0.25) is 0 Å². The van der Waals surface area contributed by atoms with Gasteiger partial charge in [-0.15, -0.1) is 0 Å². The van der Waals surface area contributed by atoms with Crippen molar-refractivity contribution < 1.29 is 18.1 Å². The smallest absolute Gasteiger partial charge is 0.267 e. The van der Waals surface area contributed by atoms with E-state index in [1.807, 2.05) is 0 Å². The van der Waals surface area contributed by atoms with Gasteiger partial charge in [-0.2, -0.15) is 23.0 Å². The molecule has 6 nitrogen and oxygen atoms in total. The SMILES string of the molecule is CCc1nn(-c2ccc(C(F)(F)F)cc2)c(=O)cc1-c1cccc([N+](=O)[O-])c1. The molecule has 0 atom stereocenters. The molecule has 0 aliphatic carbocycles. The lowest BCUT2D eigenvalue weighted by molar-refractivity contribution is -0.384. The van der Waals surface area contributed by atoms with Crippen molar-refractivity contribution in [1.29, 1.82) is 0 Å². The molecule has 2 aromatic carbocycles. The number of hydrogen-bond acceptors (Lipinski definition) is 4. The first kappa shape index (κ1) is 19.3. The van der Waals surface area contributed by atoms with Crippen LogP contribution >= 0.6 is 0 Å². The molecular weight excluding hydrogens is 375 g/mol. The lowest BCUT2D eigenvalue weighted by Crippen LogP contribution is -2.22. The van der Waals surface area contributed by atoms with E-state index >= 15 is 0 Å². The molecule has 1 heterocycles. The molecule has 0 bridgehead atoms. The summed E-state index contributed by atoms with van der Waals surface area (Å²) in [4.78, 5) is 23.0. The van der Waals surface area contributed by atoms with Gasteiger partial charge in [0.1, 0.15) is 0 Å². The standard InChI is InChI=1S/C19H14F3N3O3/c1-2-17-16(12-4-3-5-15(10-12)25(27)28)11-18(26)24(23-17)14-8-6-13(7-9-14)19(20,21)22/h3-11H,2H2,1H3. The molecule has 0 radical (unpaired) electrons. The van der Waals surface area contributed by atoms with Crippen molar-refractivity contribution in [2.45, 2.75) is 19.5 Å². The van der Waals surface area contributed by atoms with Gasteiger partial charge >= 0.3 is 6.18 Å². The van der Waals surface area contributed by atoms with Crippen molar-refractivity contribution in [3.63, 3.8) is 0 Å². The van der Waals surface area contributed by atoms with E-state index in [-0.39, 0.29) is 11.4 Å². The Hall–Kier alpha value is -3.49. The van der Waals surface area contributed by atoms with Crippen LogP contribution in [0.3, 0.4) is 0 Å². The summed E-state index contributed by atoms with van der Waals surface area (Å²) in [5, 5.41) is 15.2. The third-order valence-corrected chi connectivity index (χ3v) is 4.15. The van der Waals surface area contributed by atoms with Gasteiger partial charge < -0.3 is 0 Å². The van der Waals surface area contributed by atoms with Gasteiger partial charge in [-0.3, -0.25) is 14.9 Å². The zero-order valence-corrected chi connectivity index (χ0v) is 14.6. The number of benzene rings is 2. The highest BCUT2D eigenvalue weighted by Crippen LogP contribution is 2.30. The van der Waals surface area contributed by atoms with Gasteiger partial charge in [-0.25, -0.2) is 0 Å². The molecule has 0 unspecified atom stereocenters. The predicted molar refractivity (Wildman–Crippen MR) is 96.3 cm³/mol. The molecule has 0 saturated carbocycles. The minimum Gasteiger partial charge on any atom is -0.267 e. The molecule has 28 heavy (non-hydrogen) atoms. The van der Waals surface area contributed by atoms with E-state index in [1.165, 1.54) is 36.4 Å². The van der Waals surface area contributed by atoms with Crippen molar-refractivity contribution in [3.05, 3.63) is 86.3 Å². The van der Waals surface area contributed by atoms with Crippen LogP contribution in [0.15, 0.2) is 59.4 Å². The highest BCUT2D eigenvalue weighted by atomic mass is 19.4. The molecule has 0 amide bonds. The molecule has 0 fully saturated rings. The summed E-state index contributed by atoms with van der Waals surface area (Å²) in [6.07, 6.45) is -4.06. The highest BCUT2D eigenvalue weighted by Gasteiger charge is 2.30. The van der Waals surface area contributed by atoms with Crippen LogP contribution in [0, 0.1) is 10.1 Å². The first-order valence-corrected chi connectivity index (χ1v) is 8.26. The van der Waals surface area contributed by atoms with E-state index in [0.717, 1.165) is 16.8 Å². The monoisotopic (exact) mass is 389 g/mol. The summed E-state index contributed by atoms with van der Waals surface area (Å²) in [5.41, 5.74) is 0.0889. The van der Waals surface area contributed by atoms with Gasteiger partial charge in [0.05, 0.1) is 21.9 Å². The summed E-state index contributed by atoms with van der Waals surface area (Å²) in [6.45, 7) is 1.80. The van der Waals surface area contributed by atoms with Crippen LogP contribution in [0.25, 0.3) is 16.8 Å². The fraction of sp³-hybridized carbons (Fsp3) is 0.158. The largest absolute Gasteiger partial charge is 0.416 e. The molecule has 144 valence electrons. The number of rotatable bonds is 4. The summed E-state index contributed by atoms with van der Waals surface area (Å²) in [5.74, 6) is 0. The molecule has 0 saturated heterocycles. The molecular formula is C19H14F3N3O3. The normalized spacial score (nSPS) is 11.4. The minimum atomic E-state index is -4.47. The van der Waals surface area contributed by atoms with Gasteiger partial charge in [0, 0.05) is 23.8 Å². The lowest BCUT2D eigenvalue weighted by atomic mass is 10.0. The number of halogens is 3. The maximum Gasteiger partial charge on any atom is 0.416 e. The second kappa shape index (κ2) is 7.26. The van der Waals surface area contributed by atoms with Crippen LogP contribution in [0.1, 0.15) is 18.2 Å². The predicted octanol–water partition coefficient (Wildman–Crippen LogP) is 4.39. The number of non-ortho nitro benzene ring substituents is 1. The Morgan fingerprint density at radius 3 is 2.36 bits per heavy atom. The molecule has 0 spiro atoms. The lowest BCUT2D eigenvalue weighted by Gasteiger charge is -2.12. The Labute approximate surface area is 157 Å². The molecule has 0 N–H and O–H groups in total. The van der Waals surface area contributed by atoms with Gasteiger partial charge in [-0.1, -0.05) is 19.1 Å². The number of alkyl halides is 3. The van der Waals surface area contributed by atoms with E-state index in [4.69, 9.17) is 0 Å². The van der Waals surface area contributed by atoms with Gasteiger partial charge in [0.15, 0.2) is 0 Å². The highest BCUT2D eigenvalue weighted by molar-refractivity contribution is 5.68. The molecule has 9 heteroatoms. The number of nitrogens with zero attached hydrogens (tertiary/aromatic N) is 3. The average Bonchev–Trinajstić information content (AvgIpc) is 2.67. The van der Waals surface area contributed by atoms with E-state index in [1.54, 1.807) is 13.0 Å². The maximum atomic E-state index is 12.7. The number of hydrogen-bond donors (Lipinski definition) is 0. The number of aryl methyl sites for hydroxylation is 1. The Morgan fingerprint density at radius 1 is 1.11 bits per heavy atom. The van der Waals surface area contributed by atoms with E-state index in [9.17, 15) is 28.1 Å². The van der Waals surface area contributed by atoms with Crippen LogP contribution in [-0.2, 0) is 12.6 Å². The zero-order valence-electron chi connectivity index (χ0n) is 14.6. The van der Waals surface area contributed by atoms with E-state index in [0.29, 0.717) is 23.2 Å². The summed E-state index contributed by atoms with van der Waals surface area (Å²) in [7, 11) is 0. The van der Waals surface area contributed by atoms with Crippen LogP contribution in [0.4, 0.5) is 18.9 Å². The molecule has 0 aliphatic rings. The van der Waals surface area contributed by atoms with Crippen LogP contribution < -0.4 is 5.56 Å². The fourth-order valence-corrected chi connectivity index (χ4v) is 2.77. The van der Waals surface area contributed by atoms with E-state index < -0.39 is 22.2 Å². The number of aromatic nitrogens is 2. The molecule has 3 aromatic rings. The summed E-state index contributed by atoms with van der Waals surface area (Å²) in [6, 6.07) is 11.2. The summed E-state index contributed by atoms with van der Waals surface area (Å²) < 4.78 is 39.2. The van der Waals surface area contributed by atoms with Gasteiger partial charge in [0.25, 0.3) is 11.2 Å². The Morgan fingerprint density at radius 2 is 1.79 bits per heavy atom. The van der Waals surface area contributed by atoms with Crippen LogP contribution in [0.5, 0.6) is 0 Å². The second-order valence-electron chi connectivity index (χ2n) is 5.96. The van der Waals surface area contributed by atoms with Gasteiger partial charge in [-0.05, 0) is 36.2 Å². The zero-order chi connectivity index (χ0) is 20.5. The van der Waals surface area contributed by atoms with Crippen molar-refractivity contribution >= 4 is 5.69 Å². The second-order valence-corrected chi connectivity index (χ2v) is 5.96. The van der Waals surface area contributed by atoms with E-state index in [2.05, 4.69) is 5.10 Å². The van der Waals surface area contributed by atoms with Crippen molar-refractivity contribution in [2.75, 3.05) is 0 Å². The number of nitro groups is 1. The van der Waals surface area contributed by atoms with Crippen molar-refractivity contribution in [2.24, 2.45) is 0 Å². The van der Waals surface area contributed by atoms with Gasteiger partial charge in [0.2, 0.25) is 0 Å².